The van der Waals surface area contributed by atoms with Gasteiger partial charge in [-0.2, -0.15) is 0 Å². The van der Waals surface area contributed by atoms with Gasteiger partial charge in [0.2, 0.25) is 0 Å². The van der Waals surface area contributed by atoms with Crippen LogP contribution in [0.15, 0.2) is 21.0 Å². The molecule has 0 bridgehead atoms. The highest BCUT2D eigenvalue weighted by Gasteiger charge is 2.28. The molecule has 1 heterocycles. The molecule has 1 aliphatic rings. The Morgan fingerprint density at radius 2 is 2.14 bits per heavy atom. The third kappa shape index (κ3) is 3.35. The molecule has 1 aromatic rings. The molecule has 7 heteroatoms. The van der Waals surface area contributed by atoms with Gasteiger partial charge >= 0.3 is 5.97 Å². The van der Waals surface area contributed by atoms with Gasteiger partial charge in [0, 0.05) is 11.3 Å². The van der Waals surface area contributed by atoms with E-state index in [0.717, 1.165) is 16.2 Å². The van der Waals surface area contributed by atoms with Crippen molar-refractivity contribution >= 4 is 35.2 Å². The number of hydrogen-bond acceptors (Lipinski definition) is 6. The fourth-order valence-electron chi connectivity index (χ4n) is 2.19. The van der Waals surface area contributed by atoms with Gasteiger partial charge in [0.1, 0.15) is 11.9 Å². The van der Waals surface area contributed by atoms with Gasteiger partial charge in [-0.3, -0.25) is 0 Å². The van der Waals surface area contributed by atoms with Gasteiger partial charge in [-0.15, -0.1) is 23.5 Å². The van der Waals surface area contributed by atoms with Gasteiger partial charge in [-0.25, -0.2) is 4.79 Å². The summed E-state index contributed by atoms with van der Waals surface area (Å²) in [6.45, 7) is 4.32. The lowest BCUT2D eigenvalue weighted by molar-refractivity contribution is 0.0692. The maximum absolute atomic E-state index is 11.6. The molecule has 22 heavy (non-hydrogen) atoms. The van der Waals surface area contributed by atoms with Gasteiger partial charge < -0.3 is 14.7 Å². The first-order chi connectivity index (χ1) is 10.5. The lowest BCUT2D eigenvalue weighted by Gasteiger charge is -2.24. The molecule has 0 spiro atoms. The Bertz CT molecular complexity index is 614. The summed E-state index contributed by atoms with van der Waals surface area (Å²) in [5.74, 6) is -0.239. The number of carbonyl (C=O) groups is 1. The second kappa shape index (κ2) is 7.28. The number of hydrogen-bond donors (Lipinski definition) is 1. The molecule has 0 unspecified atom stereocenters. The first-order valence-electron chi connectivity index (χ1n) is 6.87. The molecule has 0 radical (unpaired) electrons. The highest BCUT2D eigenvalue weighted by molar-refractivity contribution is 7.99. The standard InChI is InChI=1S/C15H19NO4S2/c1-8(2)20-16-10-5-6-19-13-11(21-3)7-9(15(17)18)14(22-4)12(10)13/h7-8H,5-6H2,1-4H3,(H,17,18). The first-order valence-corrected chi connectivity index (χ1v) is 9.32. The van der Waals surface area contributed by atoms with E-state index < -0.39 is 5.97 Å². The van der Waals surface area contributed by atoms with Gasteiger partial charge in [-0.05, 0) is 32.4 Å². The average molecular weight is 341 g/mol. The zero-order chi connectivity index (χ0) is 16.3. The van der Waals surface area contributed by atoms with Crippen LogP contribution < -0.4 is 4.74 Å². The van der Waals surface area contributed by atoms with Crippen molar-refractivity contribution in [2.75, 3.05) is 19.1 Å². The zero-order valence-corrected chi connectivity index (χ0v) is 14.6. The largest absolute Gasteiger partial charge is 0.491 e. The summed E-state index contributed by atoms with van der Waals surface area (Å²) in [4.78, 5) is 18.4. The lowest BCUT2D eigenvalue weighted by atomic mass is 10.0. The minimum absolute atomic E-state index is 0.0285. The summed E-state index contributed by atoms with van der Waals surface area (Å²) in [7, 11) is 0. The number of benzene rings is 1. The second-order valence-electron chi connectivity index (χ2n) is 4.96. The normalized spacial score (nSPS) is 15.6. The van der Waals surface area contributed by atoms with E-state index >= 15 is 0 Å². The third-order valence-electron chi connectivity index (χ3n) is 3.10. The van der Waals surface area contributed by atoms with Gasteiger partial charge in [0.25, 0.3) is 0 Å². The SMILES string of the molecule is CSc1cc(C(=O)O)c(SC)c2c1OCCC2=NOC(C)C. The summed E-state index contributed by atoms with van der Waals surface area (Å²) in [6.07, 6.45) is 4.33. The topological polar surface area (TPSA) is 68.1 Å². The number of oxime groups is 1. The molecule has 0 aromatic heterocycles. The fourth-order valence-corrected chi connectivity index (χ4v) is 3.55. The second-order valence-corrected chi connectivity index (χ2v) is 6.62. The van der Waals surface area contributed by atoms with Crippen molar-refractivity contribution in [3.8, 4) is 5.75 Å². The van der Waals surface area contributed by atoms with Crippen molar-refractivity contribution in [3.05, 3.63) is 17.2 Å². The molecule has 0 saturated carbocycles. The van der Waals surface area contributed by atoms with Gasteiger partial charge in [0.15, 0.2) is 0 Å². The van der Waals surface area contributed by atoms with Crippen LogP contribution in [0, 0.1) is 0 Å². The number of rotatable bonds is 5. The molecule has 5 nitrogen and oxygen atoms in total. The van der Waals surface area contributed by atoms with E-state index in [2.05, 4.69) is 5.16 Å². The summed E-state index contributed by atoms with van der Waals surface area (Å²) < 4.78 is 5.80. The summed E-state index contributed by atoms with van der Waals surface area (Å²) in [5.41, 5.74) is 1.78. The van der Waals surface area contributed by atoms with Crippen LogP contribution in [-0.4, -0.2) is 42.0 Å². The van der Waals surface area contributed by atoms with E-state index in [9.17, 15) is 9.90 Å². The van der Waals surface area contributed by atoms with E-state index in [-0.39, 0.29) is 11.7 Å². The molecule has 2 rings (SSSR count). The monoisotopic (exact) mass is 341 g/mol. The Balaban J connectivity index is 2.68. The van der Waals surface area contributed by atoms with Gasteiger partial charge in [0.05, 0.1) is 28.3 Å². The van der Waals surface area contributed by atoms with Crippen LogP contribution in [0.4, 0.5) is 0 Å². The van der Waals surface area contributed by atoms with E-state index in [1.807, 2.05) is 26.4 Å². The van der Waals surface area contributed by atoms with Crippen LogP contribution >= 0.6 is 23.5 Å². The molecule has 0 amide bonds. The Hall–Kier alpha value is -1.34. The Morgan fingerprint density at radius 1 is 1.41 bits per heavy atom. The maximum Gasteiger partial charge on any atom is 0.336 e. The minimum atomic E-state index is -0.947. The summed E-state index contributed by atoms with van der Waals surface area (Å²) in [5, 5.41) is 13.7. The number of carboxylic acids is 1. The molecule has 1 aromatic carbocycles. The Labute approximate surface area is 138 Å². The number of ether oxygens (including phenoxy) is 1. The Morgan fingerprint density at radius 3 is 2.68 bits per heavy atom. The van der Waals surface area contributed by atoms with E-state index in [1.165, 1.54) is 23.5 Å². The summed E-state index contributed by atoms with van der Waals surface area (Å²) >= 11 is 2.86. The first kappa shape index (κ1) is 17.0. The van der Waals surface area contributed by atoms with E-state index in [4.69, 9.17) is 9.57 Å². The number of nitrogens with zero attached hydrogens (tertiary/aromatic N) is 1. The molecule has 1 N–H and O–H groups in total. The fraction of sp³-hybridized carbons (Fsp3) is 0.467. The highest BCUT2D eigenvalue weighted by atomic mass is 32.2. The predicted octanol–water partition coefficient (Wildman–Crippen LogP) is 3.74. The van der Waals surface area contributed by atoms with Crippen molar-refractivity contribution in [3.63, 3.8) is 0 Å². The molecule has 1 aliphatic heterocycles. The molecule has 0 atom stereocenters. The van der Waals surface area contributed by atoms with E-state index in [1.54, 1.807) is 6.07 Å². The van der Waals surface area contributed by atoms with Crippen LogP contribution in [0.2, 0.25) is 0 Å². The quantitative estimate of drug-likeness (QED) is 0.650. The molecule has 0 aliphatic carbocycles. The highest BCUT2D eigenvalue weighted by Crippen LogP contribution is 2.42. The third-order valence-corrected chi connectivity index (χ3v) is 4.68. The van der Waals surface area contributed by atoms with E-state index in [0.29, 0.717) is 23.7 Å². The molecule has 120 valence electrons. The smallest absolute Gasteiger partial charge is 0.336 e. The average Bonchev–Trinajstić information content (AvgIpc) is 2.50. The van der Waals surface area contributed by atoms with Crippen molar-refractivity contribution < 1.29 is 19.5 Å². The van der Waals surface area contributed by atoms with Crippen LogP contribution in [0.25, 0.3) is 0 Å². The Kier molecular flexibility index (Phi) is 5.63. The molecular weight excluding hydrogens is 322 g/mol. The number of aromatic carboxylic acids is 1. The van der Waals surface area contributed by atoms with Crippen molar-refractivity contribution in [1.82, 2.24) is 0 Å². The van der Waals surface area contributed by atoms with Crippen molar-refractivity contribution in [2.24, 2.45) is 5.16 Å². The summed E-state index contributed by atoms with van der Waals surface area (Å²) in [6, 6.07) is 1.67. The molecule has 0 fully saturated rings. The molecule has 0 saturated heterocycles. The van der Waals surface area contributed by atoms with Crippen LogP contribution in [-0.2, 0) is 4.84 Å². The minimum Gasteiger partial charge on any atom is -0.491 e. The van der Waals surface area contributed by atoms with Crippen LogP contribution in [0.5, 0.6) is 5.75 Å². The molecular formula is C15H19NO4S2. The number of fused-ring (bicyclic) bond motifs is 1. The van der Waals surface area contributed by atoms with Crippen LogP contribution in [0.1, 0.15) is 36.2 Å². The lowest BCUT2D eigenvalue weighted by Crippen LogP contribution is -2.20. The number of carboxylic acid groups (broad SMARTS) is 1. The van der Waals surface area contributed by atoms with Gasteiger partial charge in [-0.1, -0.05) is 5.16 Å². The van der Waals surface area contributed by atoms with Crippen molar-refractivity contribution in [2.45, 2.75) is 36.2 Å². The van der Waals surface area contributed by atoms with Crippen LogP contribution in [0.3, 0.4) is 0 Å². The zero-order valence-electron chi connectivity index (χ0n) is 13.0. The predicted molar refractivity (Wildman–Crippen MR) is 89.8 cm³/mol. The van der Waals surface area contributed by atoms with Crippen molar-refractivity contribution in [1.29, 1.82) is 0 Å². The maximum atomic E-state index is 11.6. The number of thioether (sulfide) groups is 2.